The first kappa shape index (κ1) is 16.7. The Morgan fingerprint density at radius 2 is 1.19 bits per heavy atom. The SMILES string of the molecule is CCO[Si](OCC)(OCC)[C@@H](S)[Si](C)(C)C. The largest absolute Gasteiger partial charge is 0.511 e. The van der Waals surface area contributed by atoms with Crippen molar-refractivity contribution >= 4 is 29.5 Å². The zero-order valence-electron chi connectivity index (χ0n) is 11.4. The Morgan fingerprint density at radius 1 is 0.875 bits per heavy atom. The van der Waals surface area contributed by atoms with Gasteiger partial charge in [-0.25, -0.2) is 0 Å². The zero-order valence-corrected chi connectivity index (χ0v) is 14.3. The molecule has 16 heavy (non-hydrogen) atoms. The van der Waals surface area contributed by atoms with Crippen molar-refractivity contribution in [3.05, 3.63) is 0 Å². The Labute approximate surface area is 108 Å². The number of hydrogen-bond acceptors (Lipinski definition) is 4. The van der Waals surface area contributed by atoms with Crippen LogP contribution in [0.5, 0.6) is 0 Å². The van der Waals surface area contributed by atoms with Crippen LogP contribution in [-0.4, -0.2) is 41.2 Å². The normalized spacial score (nSPS) is 15.2. The molecule has 98 valence electrons. The summed E-state index contributed by atoms with van der Waals surface area (Å²) in [6, 6.07) is 0. The summed E-state index contributed by atoms with van der Waals surface area (Å²) in [4.78, 5) is 0. The molecule has 0 N–H and O–H groups in total. The molecule has 0 unspecified atom stereocenters. The average molecular weight is 283 g/mol. The highest BCUT2D eigenvalue weighted by molar-refractivity contribution is 7.85. The van der Waals surface area contributed by atoms with E-state index in [0.717, 1.165) is 0 Å². The first-order valence-electron chi connectivity index (χ1n) is 5.94. The highest BCUT2D eigenvalue weighted by atomic mass is 32.1. The molecule has 0 saturated carbocycles. The molecule has 0 aromatic heterocycles. The van der Waals surface area contributed by atoms with Crippen LogP contribution in [0.15, 0.2) is 0 Å². The van der Waals surface area contributed by atoms with Crippen molar-refractivity contribution in [2.75, 3.05) is 19.8 Å². The molecule has 0 aromatic carbocycles. The lowest BCUT2D eigenvalue weighted by Gasteiger charge is -2.38. The van der Waals surface area contributed by atoms with E-state index >= 15 is 0 Å². The predicted molar refractivity (Wildman–Crippen MR) is 76.8 cm³/mol. The minimum Gasteiger partial charge on any atom is -0.373 e. The minimum absolute atomic E-state index is 0.125. The molecule has 6 heteroatoms. The lowest BCUT2D eigenvalue weighted by molar-refractivity contribution is 0.0741. The summed E-state index contributed by atoms with van der Waals surface area (Å²) in [5.41, 5.74) is 0. The first-order chi connectivity index (χ1) is 7.34. The van der Waals surface area contributed by atoms with Gasteiger partial charge in [0, 0.05) is 19.8 Å². The second-order valence-corrected chi connectivity index (χ2v) is 14.7. The minimum atomic E-state index is -2.61. The Kier molecular flexibility index (Phi) is 7.47. The Morgan fingerprint density at radius 3 is 1.38 bits per heavy atom. The van der Waals surface area contributed by atoms with Gasteiger partial charge in [0.15, 0.2) is 0 Å². The molecular formula is C10H26O3SSi2. The van der Waals surface area contributed by atoms with Crippen molar-refractivity contribution in [3.8, 4) is 0 Å². The molecule has 0 heterocycles. The van der Waals surface area contributed by atoms with Gasteiger partial charge in [0.1, 0.15) is 0 Å². The Hall–Kier alpha value is 0.664. The smallest absolute Gasteiger partial charge is 0.373 e. The maximum Gasteiger partial charge on any atom is 0.511 e. The molecule has 3 nitrogen and oxygen atoms in total. The van der Waals surface area contributed by atoms with Crippen LogP contribution in [0, 0.1) is 0 Å². The maximum absolute atomic E-state index is 5.85. The van der Waals surface area contributed by atoms with E-state index in [4.69, 9.17) is 25.9 Å². The van der Waals surface area contributed by atoms with E-state index in [1.165, 1.54) is 0 Å². The topological polar surface area (TPSA) is 27.7 Å². The van der Waals surface area contributed by atoms with Crippen LogP contribution in [0.2, 0.25) is 19.6 Å². The Balaban J connectivity index is 4.98. The van der Waals surface area contributed by atoms with Crippen molar-refractivity contribution in [2.24, 2.45) is 0 Å². The summed E-state index contributed by atoms with van der Waals surface area (Å²) in [6.07, 6.45) is 0. The molecule has 0 aromatic rings. The molecule has 0 aliphatic carbocycles. The fourth-order valence-corrected chi connectivity index (χ4v) is 9.09. The standard InChI is InChI=1S/C10H26O3SSi2/c1-7-11-16(12-8-2,13-9-3)10(14)15(4,5)6/h10,14H,7-9H2,1-6H3/t10-/m0/s1. The van der Waals surface area contributed by atoms with Crippen LogP contribution in [0.3, 0.4) is 0 Å². The van der Waals surface area contributed by atoms with Crippen LogP contribution < -0.4 is 0 Å². The maximum atomic E-state index is 5.85. The summed E-state index contributed by atoms with van der Waals surface area (Å²) in [5.74, 6) is 0. The molecule has 0 saturated heterocycles. The molecule has 0 amide bonds. The summed E-state index contributed by atoms with van der Waals surface area (Å²) in [7, 11) is -4.07. The quantitative estimate of drug-likeness (QED) is 0.548. The van der Waals surface area contributed by atoms with Crippen LogP contribution >= 0.6 is 12.6 Å². The molecule has 0 radical (unpaired) electrons. The monoisotopic (exact) mass is 282 g/mol. The van der Waals surface area contributed by atoms with E-state index in [-0.39, 0.29) is 4.50 Å². The molecule has 0 rings (SSSR count). The van der Waals surface area contributed by atoms with Gasteiger partial charge < -0.3 is 13.3 Å². The molecular weight excluding hydrogens is 256 g/mol. The van der Waals surface area contributed by atoms with Gasteiger partial charge in [-0.1, -0.05) is 19.6 Å². The van der Waals surface area contributed by atoms with E-state index in [0.29, 0.717) is 19.8 Å². The number of thiol groups is 1. The molecule has 0 spiro atoms. The van der Waals surface area contributed by atoms with Crippen molar-refractivity contribution < 1.29 is 13.3 Å². The number of hydrogen-bond donors (Lipinski definition) is 1. The summed E-state index contributed by atoms with van der Waals surface area (Å²) >= 11 is 4.74. The summed E-state index contributed by atoms with van der Waals surface area (Å²) in [6.45, 7) is 14.6. The predicted octanol–water partition coefficient (Wildman–Crippen LogP) is 2.75. The molecule has 1 atom stereocenters. The zero-order chi connectivity index (χ0) is 12.8. The molecule has 0 aliphatic rings. The van der Waals surface area contributed by atoms with E-state index in [9.17, 15) is 0 Å². The van der Waals surface area contributed by atoms with Crippen LogP contribution in [0.1, 0.15) is 20.8 Å². The van der Waals surface area contributed by atoms with Crippen LogP contribution in [-0.2, 0) is 13.3 Å². The average Bonchev–Trinajstić information content (AvgIpc) is 2.16. The van der Waals surface area contributed by atoms with Crippen molar-refractivity contribution in [3.63, 3.8) is 0 Å². The second kappa shape index (κ2) is 7.18. The van der Waals surface area contributed by atoms with E-state index in [1.807, 2.05) is 20.8 Å². The summed E-state index contributed by atoms with van der Waals surface area (Å²) < 4.78 is 17.7. The molecule has 0 fully saturated rings. The van der Waals surface area contributed by atoms with Crippen molar-refractivity contribution in [2.45, 2.75) is 44.9 Å². The lowest BCUT2D eigenvalue weighted by Crippen LogP contribution is -2.62. The van der Waals surface area contributed by atoms with Crippen molar-refractivity contribution in [1.29, 1.82) is 0 Å². The molecule has 0 aliphatic heterocycles. The van der Waals surface area contributed by atoms with E-state index in [1.54, 1.807) is 0 Å². The van der Waals surface area contributed by atoms with Crippen molar-refractivity contribution in [1.82, 2.24) is 0 Å². The highest BCUT2D eigenvalue weighted by Gasteiger charge is 2.52. The van der Waals surface area contributed by atoms with Crippen LogP contribution in [0.4, 0.5) is 0 Å². The summed E-state index contributed by atoms with van der Waals surface area (Å²) in [5, 5.41) is 0. The van der Waals surface area contributed by atoms with Gasteiger partial charge in [0.25, 0.3) is 0 Å². The molecule has 0 bridgehead atoms. The van der Waals surface area contributed by atoms with Gasteiger partial charge in [-0.3, -0.25) is 0 Å². The highest BCUT2D eigenvalue weighted by Crippen LogP contribution is 2.27. The van der Waals surface area contributed by atoms with Gasteiger partial charge in [0.2, 0.25) is 0 Å². The Bertz CT molecular complexity index is 180. The van der Waals surface area contributed by atoms with E-state index < -0.39 is 16.9 Å². The van der Waals surface area contributed by atoms with Gasteiger partial charge in [-0.2, -0.15) is 12.6 Å². The second-order valence-electron chi connectivity index (χ2n) is 4.67. The van der Waals surface area contributed by atoms with Gasteiger partial charge in [-0.15, -0.1) is 0 Å². The third-order valence-electron chi connectivity index (χ3n) is 2.19. The van der Waals surface area contributed by atoms with E-state index in [2.05, 4.69) is 19.6 Å². The third-order valence-corrected chi connectivity index (χ3v) is 13.5. The van der Waals surface area contributed by atoms with Gasteiger partial charge >= 0.3 is 8.80 Å². The number of rotatable bonds is 8. The van der Waals surface area contributed by atoms with Crippen LogP contribution in [0.25, 0.3) is 0 Å². The third kappa shape index (κ3) is 4.50. The lowest BCUT2D eigenvalue weighted by atomic mass is 10.9. The first-order valence-corrected chi connectivity index (χ1v) is 11.8. The van der Waals surface area contributed by atoms with Gasteiger partial charge in [-0.05, 0) is 20.8 Å². The fourth-order valence-electron chi connectivity index (χ4n) is 1.50. The van der Waals surface area contributed by atoms with Gasteiger partial charge in [0.05, 0.1) is 12.6 Å². The fraction of sp³-hybridized carbons (Fsp3) is 1.00.